The Kier molecular flexibility index (Phi) is 2.76. The minimum atomic E-state index is -0.508. The molecule has 12 heavy (non-hydrogen) atoms. The van der Waals surface area contributed by atoms with Gasteiger partial charge in [-0.15, -0.1) is 0 Å². The SMILES string of the molecule is NC(=O)c1cccnc1CCO. The number of aliphatic hydroxyl groups excluding tert-OH is 1. The Bertz CT molecular complexity index is 286. The summed E-state index contributed by atoms with van der Waals surface area (Å²) >= 11 is 0. The molecule has 0 radical (unpaired) electrons. The van der Waals surface area contributed by atoms with E-state index in [0.29, 0.717) is 17.7 Å². The van der Waals surface area contributed by atoms with Gasteiger partial charge in [-0.05, 0) is 12.1 Å². The van der Waals surface area contributed by atoms with E-state index in [9.17, 15) is 4.79 Å². The zero-order valence-electron chi connectivity index (χ0n) is 6.53. The highest BCUT2D eigenvalue weighted by Gasteiger charge is 2.06. The molecule has 0 unspecified atom stereocenters. The Balaban J connectivity index is 3.00. The molecule has 0 bridgehead atoms. The smallest absolute Gasteiger partial charge is 0.250 e. The van der Waals surface area contributed by atoms with Gasteiger partial charge < -0.3 is 10.8 Å². The summed E-state index contributed by atoms with van der Waals surface area (Å²) in [6, 6.07) is 3.24. The lowest BCUT2D eigenvalue weighted by atomic mass is 10.1. The Hall–Kier alpha value is -1.42. The van der Waals surface area contributed by atoms with Gasteiger partial charge in [0, 0.05) is 19.2 Å². The van der Waals surface area contributed by atoms with Crippen LogP contribution in [0.15, 0.2) is 18.3 Å². The zero-order valence-corrected chi connectivity index (χ0v) is 6.53. The van der Waals surface area contributed by atoms with Crippen molar-refractivity contribution in [3.05, 3.63) is 29.6 Å². The minimum absolute atomic E-state index is 0.0305. The number of hydrogen-bond donors (Lipinski definition) is 2. The molecule has 0 fully saturated rings. The highest BCUT2D eigenvalue weighted by atomic mass is 16.3. The second-order valence-corrected chi connectivity index (χ2v) is 2.34. The number of hydrogen-bond acceptors (Lipinski definition) is 3. The van der Waals surface area contributed by atoms with Crippen LogP contribution < -0.4 is 5.73 Å². The molecule has 0 atom stereocenters. The predicted octanol–water partition coefficient (Wildman–Crippen LogP) is -0.285. The number of rotatable bonds is 3. The number of carbonyl (C=O) groups excluding carboxylic acids is 1. The fraction of sp³-hybridized carbons (Fsp3) is 0.250. The number of amides is 1. The second kappa shape index (κ2) is 3.82. The van der Waals surface area contributed by atoms with E-state index in [4.69, 9.17) is 10.8 Å². The van der Waals surface area contributed by atoms with Gasteiger partial charge in [-0.1, -0.05) is 0 Å². The van der Waals surface area contributed by atoms with Gasteiger partial charge in [-0.25, -0.2) is 0 Å². The molecule has 1 amide bonds. The van der Waals surface area contributed by atoms with Gasteiger partial charge in [0.05, 0.1) is 11.3 Å². The molecule has 0 aliphatic rings. The van der Waals surface area contributed by atoms with Crippen molar-refractivity contribution in [2.75, 3.05) is 6.61 Å². The molecule has 0 spiro atoms. The van der Waals surface area contributed by atoms with Crippen LogP contribution in [-0.4, -0.2) is 22.6 Å². The molecule has 4 nitrogen and oxygen atoms in total. The van der Waals surface area contributed by atoms with Crippen LogP contribution in [0.1, 0.15) is 16.1 Å². The third-order valence-electron chi connectivity index (χ3n) is 1.50. The van der Waals surface area contributed by atoms with Gasteiger partial charge in [0.25, 0.3) is 5.91 Å². The first-order valence-electron chi connectivity index (χ1n) is 3.60. The van der Waals surface area contributed by atoms with Gasteiger partial charge >= 0.3 is 0 Å². The molecule has 0 aliphatic heterocycles. The van der Waals surface area contributed by atoms with E-state index in [2.05, 4.69) is 4.98 Å². The van der Waals surface area contributed by atoms with Crippen molar-refractivity contribution in [3.8, 4) is 0 Å². The van der Waals surface area contributed by atoms with E-state index < -0.39 is 5.91 Å². The van der Waals surface area contributed by atoms with Crippen LogP contribution in [0.4, 0.5) is 0 Å². The molecule has 3 N–H and O–H groups in total. The molecule has 64 valence electrons. The number of nitrogens with two attached hydrogens (primary N) is 1. The van der Waals surface area contributed by atoms with E-state index in [1.807, 2.05) is 0 Å². The van der Waals surface area contributed by atoms with Crippen LogP contribution >= 0.6 is 0 Å². The summed E-state index contributed by atoms with van der Waals surface area (Å²) in [7, 11) is 0. The highest BCUT2D eigenvalue weighted by molar-refractivity contribution is 5.93. The lowest BCUT2D eigenvalue weighted by molar-refractivity contribution is 0.0999. The van der Waals surface area contributed by atoms with Crippen molar-refractivity contribution >= 4 is 5.91 Å². The van der Waals surface area contributed by atoms with E-state index >= 15 is 0 Å². The summed E-state index contributed by atoms with van der Waals surface area (Å²) in [6.07, 6.45) is 1.93. The second-order valence-electron chi connectivity index (χ2n) is 2.34. The maximum Gasteiger partial charge on any atom is 0.250 e. The Morgan fingerprint density at radius 1 is 1.67 bits per heavy atom. The van der Waals surface area contributed by atoms with Crippen molar-refractivity contribution in [3.63, 3.8) is 0 Å². The molecule has 1 heterocycles. The van der Waals surface area contributed by atoms with Gasteiger partial charge in [-0.3, -0.25) is 9.78 Å². The molecule has 1 rings (SSSR count). The Labute approximate surface area is 70.0 Å². The van der Waals surface area contributed by atoms with Gasteiger partial charge in [0.15, 0.2) is 0 Å². The monoisotopic (exact) mass is 166 g/mol. The summed E-state index contributed by atoms with van der Waals surface area (Å²) in [6.45, 7) is -0.0305. The topological polar surface area (TPSA) is 76.2 Å². The van der Waals surface area contributed by atoms with Crippen molar-refractivity contribution in [1.29, 1.82) is 0 Å². The zero-order chi connectivity index (χ0) is 8.97. The van der Waals surface area contributed by atoms with Crippen molar-refractivity contribution in [1.82, 2.24) is 4.98 Å². The Morgan fingerprint density at radius 3 is 3.00 bits per heavy atom. The van der Waals surface area contributed by atoms with E-state index in [1.54, 1.807) is 18.3 Å². The van der Waals surface area contributed by atoms with Crippen molar-refractivity contribution in [2.24, 2.45) is 5.73 Å². The van der Waals surface area contributed by atoms with Gasteiger partial charge in [0.2, 0.25) is 0 Å². The molecular formula is C8H10N2O2. The first-order chi connectivity index (χ1) is 5.75. The lowest BCUT2D eigenvalue weighted by Crippen LogP contribution is -2.15. The quantitative estimate of drug-likeness (QED) is 0.648. The largest absolute Gasteiger partial charge is 0.396 e. The van der Waals surface area contributed by atoms with Crippen LogP contribution in [0.25, 0.3) is 0 Å². The molecule has 0 saturated carbocycles. The summed E-state index contributed by atoms with van der Waals surface area (Å²) in [4.78, 5) is 14.7. The molecular weight excluding hydrogens is 156 g/mol. The third kappa shape index (κ3) is 1.79. The fourth-order valence-electron chi connectivity index (χ4n) is 0.967. The average Bonchev–Trinajstić information content (AvgIpc) is 2.05. The first-order valence-corrected chi connectivity index (χ1v) is 3.60. The molecule has 1 aromatic rings. The maximum absolute atomic E-state index is 10.8. The van der Waals surface area contributed by atoms with Crippen LogP contribution in [0.3, 0.4) is 0 Å². The van der Waals surface area contributed by atoms with Crippen LogP contribution in [0.5, 0.6) is 0 Å². The third-order valence-corrected chi connectivity index (χ3v) is 1.50. The fourth-order valence-corrected chi connectivity index (χ4v) is 0.967. The number of aromatic nitrogens is 1. The van der Waals surface area contributed by atoms with Gasteiger partial charge in [0.1, 0.15) is 0 Å². The normalized spacial score (nSPS) is 9.75. The standard InChI is InChI=1S/C8H10N2O2/c9-8(12)6-2-1-4-10-7(6)3-5-11/h1-2,4,11H,3,5H2,(H2,9,12). The number of pyridine rings is 1. The molecule has 0 saturated heterocycles. The van der Waals surface area contributed by atoms with Crippen LogP contribution in [0, 0.1) is 0 Å². The summed E-state index contributed by atoms with van der Waals surface area (Å²) in [5.74, 6) is -0.508. The van der Waals surface area contributed by atoms with Crippen molar-refractivity contribution < 1.29 is 9.90 Å². The highest BCUT2D eigenvalue weighted by Crippen LogP contribution is 2.04. The summed E-state index contributed by atoms with van der Waals surface area (Å²) in [5, 5.41) is 8.63. The van der Waals surface area contributed by atoms with E-state index in [0.717, 1.165) is 0 Å². The minimum Gasteiger partial charge on any atom is -0.396 e. The molecule has 1 aromatic heterocycles. The number of nitrogens with zero attached hydrogens (tertiary/aromatic N) is 1. The Morgan fingerprint density at radius 2 is 2.42 bits per heavy atom. The average molecular weight is 166 g/mol. The molecule has 4 heteroatoms. The van der Waals surface area contributed by atoms with Crippen molar-refractivity contribution in [2.45, 2.75) is 6.42 Å². The summed E-state index contributed by atoms with van der Waals surface area (Å²) in [5.41, 5.74) is 6.01. The molecule has 0 aromatic carbocycles. The van der Waals surface area contributed by atoms with Crippen LogP contribution in [0.2, 0.25) is 0 Å². The predicted molar refractivity (Wildman–Crippen MR) is 43.5 cm³/mol. The summed E-state index contributed by atoms with van der Waals surface area (Å²) < 4.78 is 0. The number of primary amides is 1. The van der Waals surface area contributed by atoms with Crippen LogP contribution in [-0.2, 0) is 6.42 Å². The van der Waals surface area contributed by atoms with E-state index in [-0.39, 0.29) is 6.61 Å². The number of aliphatic hydroxyl groups is 1. The maximum atomic E-state index is 10.8. The first kappa shape index (κ1) is 8.67. The van der Waals surface area contributed by atoms with Gasteiger partial charge in [-0.2, -0.15) is 0 Å². The van der Waals surface area contributed by atoms with E-state index in [1.165, 1.54) is 0 Å². The molecule has 0 aliphatic carbocycles. The lowest BCUT2D eigenvalue weighted by Gasteiger charge is -2.01. The number of carbonyl (C=O) groups is 1.